The Bertz CT molecular complexity index is 688. The van der Waals surface area contributed by atoms with E-state index >= 15 is 0 Å². The molecule has 0 fully saturated rings. The number of nitrogens with two attached hydrogens (primary N) is 1. The fraction of sp³-hybridized carbons (Fsp3) is 0.100. The molecule has 0 spiro atoms. The molecule has 0 amide bonds. The van der Waals surface area contributed by atoms with Gasteiger partial charge in [0, 0.05) is 11.8 Å². The molecule has 102 valence electrons. The first kappa shape index (κ1) is 13.8. The topological polar surface area (TPSA) is 98.2 Å². The van der Waals surface area contributed by atoms with E-state index in [1.807, 2.05) is 0 Å². The maximum absolute atomic E-state index is 13.7. The van der Waals surface area contributed by atoms with E-state index in [1.54, 1.807) is 0 Å². The van der Waals surface area contributed by atoms with Crippen molar-refractivity contribution < 1.29 is 17.3 Å². The van der Waals surface area contributed by atoms with E-state index < -0.39 is 20.7 Å². The summed E-state index contributed by atoms with van der Waals surface area (Å²) in [7, 11) is -4.09. The minimum atomic E-state index is -4.09. The van der Waals surface area contributed by atoms with Gasteiger partial charge in [-0.15, -0.1) is 0 Å². The number of nitrogen functional groups attached to an aromatic ring is 1. The maximum atomic E-state index is 13.7. The molecule has 0 atom stereocenters. The molecular formula is C10H9ClFN3O3S. The quantitative estimate of drug-likeness (QED) is 0.835. The van der Waals surface area contributed by atoms with Crippen LogP contribution in [0.2, 0.25) is 5.02 Å². The molecule has 0 aliphatic rings. The van der Waals surface area contributed by atoms with Crippen LogP contribution in [0, 0.1) is 5.82 Å². The summed E-state index contributed by atoms with van der Waals surface area (Å²) in [5.41, 5.74) is 5.49. The highest BCUT2D eigenvalue weighted by Crippen LogP contribution is 2.25. The van der Waals surface area contributed by atoms with Gasteiger partial charge in [0.2, 0.25) is 10.0 Å². The molecule has 0 unspecified atom stereocenters. The molecule has 0 aliphatic carbocycles. The zero-order valence-corrected chi connectivity index (χ0v) is 11.0. The fourth-order valence-corrected chi connectivity index (χ4v) is 2.77. The summed E-state index contributed by atoms with van der Waals surface area (Å²) in [4.78, 5) is -0.614. The van der Waals surface area contributed by atoms with Crippen LogP contribution in [0.4, 0.5) is 10.1 Å². The molecule has 2 aromatic rings. The van der Waals surface area contributed by atoms with Gasteiger partial charge in [0.15, 0.2) is 11.6 Å². The predicted octanol–water partition coefficient (Wildman–Crippen LogP) is 1.53. The molecule has 19 heavy (non-hydrogen) atoms. The third-order valence-electron chi connectivity index (χ3n) is 2.23. The van der Waals surface area contributed by atoms with E-state index in [4.69, 9.17) is 21.9 Å². The smallest absolute Gasteiger partial charge is 0.244 e. The molecule has 1 aromatic heterocycles. The Kier molecular flexibility index (Phi) is 3.74. The average molecular weight is 306 g/mol. The molecule has 0 saturated heterocycles. The Morgan fingerprint density at radius 1 is 1.47 bits per heavy atom. The molecule has 9 heteroatoms. The fourth-order valence-electron chi connectivity index (χ4n) is 1.36. The van der Waals surface area contributed by atoms with Gasteiger partial charge >= 0.3 is 0 Å². The van der Waals surface area contributed by atoms with Crippen LogP contribution in [0.3, 0.4) is 0 Å². The van der Waals surface area contributed by atoms with Crippen molar-refractivity contribution in [2.75, 3.05) is 5.73 Å². The minimum Gasteiger partial charge on any atom is -0.399 e. The lowest BCUT2D eigenvalue weighted by atomic mass is 10.3. The Labute approximate surface area is 113 Å². The highest BCUT2D eigenvalue weighted by atomic mass is 35.5. The largest absolute Gasteiger partial charge is 0.399 e. The highest BCUT2D eigenvalue weighted by Gasteiger charge is 2.22. The Hall–Kier alpha value is -1.64. The second-order valence-corrected chi connectivity index (χ2v) is 5.76. The zero-order valence-electron chi connectivity index (χ0n) is 9.43. The molecule has 1 heterocycles. The summed E-state index contributed by atoms with van der Waals surface area (Å²) in [5.74, 6) is -0.764. The van der Waals surface area contributed by atoms with Crippen LogP contribution in [-0.2, 0) is 16.6 Å². The van der Waals surface area contributed by atoms with Gasteiger partial charge in [0.05, 0.1) is 17.8 Å². The van der Waals surface area contributed by atoms with E-state index in [1.165, 1.54) is 12.3 Å². The van der Waals surface area contributed by atoms with Gasteiger partial charge in [-0.25, -0.2) is 17.5 Å². The number of benzene rings is 1. The number of nitrogens with zero attached hydrogens (tertiary/aromatic N) is 1. The third-order valence-corrected chi connectivity index (χ3v) is 3.91. The van der Waals surface area contributed by atoms with Gasteiger partial charge < -0.3 is 10.3 Å². The molecule has 0 aliphatic heterocycles. The van der Waals surface area contributed by atoms with Gasteiger partial charge in [-0.1, -0.05) is 16.8 Å². The summed E-state index contributed by atoms with van der Waals surface area (Å²) in [6.45, 7) is -0.159. The highest BCUT2D eigenvalue weighted by molar-refractivity contribution is 7.89. The standard InChI is InChI=1S/C10H9ClFN3O3S/c11-8-3-6(13)4-9(10(8)12)19(16,17)15-5-7-1-2-14-18-7/h1-4,15H,5,13H2. The summed E-state index contributed by atoms with van der Waals surface area (Å²) in [6, 6.07) is 3.60. The van der Waals surface area contributed by atoms with Crippen molar-refractivity contribution in [3.05, 3.63) is 41.0 Å². The van der Waals surface area contributed by atoms with Crippen molar-refractivity contribution in [1.29, 1.82) is 0 Å². The number of rotatable bonds is 4. The summed E-state index contributed by atoms with van der Waals surface area (Å²) in [5, 5.41) is 3.06. The van der Waals surface area contributed by atoms with Crippen LogP contribution in [0.25, 0.3) is 0 Å². The first-order chi connectivity index (χ1) is 8.90. The summed E-state index contributed by atoms with van der Waals surface area (Å²) < 4.78 is 44.4. The number of anilines is 1. The molecular weight excluding hydrogens is 297 g/mol. The van der Waals surface area contributed by atoms with Gasteiger partial charge in [0.25, 0.3) is 0 Å². The van der Waals surface area contributed by atoms with Crippen LogP contribution in [0.15, 0.2) is 33.8 Å². The number of hydrogen-bond donors (Lipinski definition) is 2. The van der Waals surface area contributed by atoms with Gasteiger partial charge in [-0.2, -0.15) is 0 Å². The Balaban J connectivity index is 2.29. The third kappa shape index (κ3) is 3.03. The number of sulfonamides is 1. The molecule has 1 aromatic carbocycles. The van der Waals surface area contributed by atoms with Crippen molar-refractivity contribution in [2.45, 2.75) is 11.4 Å². The Morgan fingerprint density at radius 2 is 2.21 bits per heavy atom. The first-order valence-electron chi connectivity index (χ1n) is 5.04. The first-order valence-corrected chi connectivity index (χ1v) is 6.90. The maximum Gasteiger partial charge on any atom is 0.244 e. The predicted molar refractivity (Wildman–Crippen MR) is 66.4 cm³/mol. The molecule has 3 N–H and O–H groups in total. The number of aromatic nitrogens is 1. The van der Waals surface area contributed by atoms with E-state index in [-0.39, 0.29) is 17.3 Å². The van der Waals surface area contributed by atoms with Crippen molar-refractivity contribution in [2.24, 2.45) is 0 Å². The lowest BCUT2D eigenvalue weighted by Crippen LogP contribution is -2.24. The summed E-state index contributed by atoms with van der Waals surface area (Å²) in [6.07, 6.45) is 1.36. The van der Waals surface area contributed by atoms with Crippen LogP contribution in [-0.4, -0.2) is 13.6 Å². The number of halogens is 2. The number of hydrogen-bond acceptors (Lipinski definition) is 5. The monoisotopic (exact) mass is 305 g/mol. The molecule has 2 rings (SSSR count). The van der Waals surface area contributed by atoms with Crippen molar-refractivity contribution in [1.82, 2.24) is 9.88 Å². The van der Waals surface area contributed by atoms with Crippen molar-refractivity contribution >= 4 is 27.3 Å². The molecule has 6 nitrogen and oxygen atoms in total. The van der Waals surface area contributed by atoms with Crippen LogP contribution in [0.1, 0.15) is 5.76 Å². The molecule has 0 radical (unpaired) electrons. The van der Waals surface area contributed by atoms with Crippen molar-refractivity contribution in [3.63, 3.8) is 0 Å². The SMILES string of the molecule is Nc1cc(Cl)c(F)c(S(=O)(=O)NCc2ccno2)c1. The number of nitrogens with one attached hydrogen (secondary N) is 1. The second-order valence-electron chi connectivity index (χ2n) is 3.62. The second kappa shape index (κ2) is 5.16. The van der Waals surface area contributed by atoms with Gasteiger partial charge in [-0.3, -0.25) is 0 Å². The van der Waals surface area contributed by atoms with Gasteiger partial charge in [-0.05, 0) is 12.1 Å². The van der Waals surface area contributed by atoms with E-state index in [2.05, 4.69) is 9.88 Å². The van der Waals surface area contributed by atoms with Crippen LogP contribution >= 0.6 is 11.6 Å². The lowest BCUT2D eigenvalue weighted by Gasteiger charge is -2.08. The van der Waals surface area contributed by atoms with E-state index in [9.17, 15) is 12.8 Å². The van der Waals surface area contributed by atoms with E-state index in [0.717, 1.165) is 12.1 Å². The van der Waals surface area contributed by atoms with Crippen LogP contribution < -0.4 is 10.5 Å². The zero-order chi connectivity index (χ0) is 14.0. The van der Waals surface area contributed by atoms with E-state index in [0.29, 0.717) is 5.76 Å². The minimum absolute atomic E-state index is 0.0476. The van der Waals surface area contributed by atoms with Crippen LogP contribution in [0.5, 0.6) is 0 Å². The molecule has 0 bridgehead atoms. The van der Waals surface area contributed by atoms with Gasteiger partial charge in [0.1, 0.15) is 4.90 Å². The normalized spacial score (nSPS) is 11.7. The lowest BCUT2D eigenvalue weighted by molar-refractivity contribution is 0.380. The summed E-state index contributed by atoms with van der Waals surface area (Å²) >= 11 is 5.55. The average Bonchev–Trinajstić information content (AvgIpc) is 2.84. The van der Waals surface area contributed by atoms with Crippen molar-refractivity contribution in [3.8, 4) is 0 Å². The Morgan fingerprint density at radius 3 is 2.84 bits per heavy atom. The molecule has 0 saturated carbocycles.